The van der Waals surface area contributed by atoms with Crippen molar-refractivity contribution in [3.05, 3.63) is 74.4 Å². The fourth-order valence-electron chi connectivity index (χ4n) is 4.67. The minimum Gasteiger partial charge on any atom is -0.363 e. The molecular weight excluding hydrogens is 457 g/mol. The van der Waals surface area contributed by atoms with Crippen molar-refractivity contribution >= 4 is 52.5 Å². The van der Waals surface area contributed by atoms with Gasteiger partial charge in [0.2, 0.25) is 0 Å². The van der Waals surface area contributed by atoms with Crippen molar-refractivity contribution in [2.75, 3.05) is 11.4 Å². The fraction of sp³-hybridized carbons (Fsp3) is 0.308. The number of halogens is 2. The molecule has 2 aliphatic rings. The smallest absolute Gasteiger partial charge is 0.329 e. The molecule has 2 heterocycles. The van der Waals surface area contributed by atoms with Crippen LogP contribution in [0.5, 0.6) is 0 Å². The van der Waals surface area contributed by atoms with Crippen LogP contribution in [0.2, 0.25) is 10.0 Å². The molecule has 0 aromatic heterocycles. The number of fused-ring (bicyclic) bond motifs is 1. The average Bonchev–Trinajstić information content (AvgIpc) is 2.99. The molecule has 1 fully saturated rings. The number of benzene rings is 2. The Morgan fingerprint density at radius 2 is 1.79 bits per heavy atom. The highest BCUT2D eigenvalue weighted by Gasteiger charge is 2.34. The summed E-state index contributed by atoms with van der Waals surface area (Å²) in [5, 5.41) is 3.52. The van der Waals surface area contributed by atoms with Crippen molar-refractivity contribution in [1.82, 2.24) is 10.2 Å². The summed E-state index contributed by atoms with van der Waals surface area (Å²) < 4.78 is 0. The van der Waals surface area contributed by atoms with Crippen molar-refractivity contribution in [1.29, 1.82) is 0 Å². The quantitative estimate of drug-likeness (QED) is 0.403. The zero-order valence-electron chi connectivity index (χ0n) is 19.4. The molecule has 1 N–H and O–H groups in total. The standard InChI is InChI=1S/C26H27Cl2N3O2/c1-6-31-23-9-15(2)18(11-19(23)16(3)13-26(31,4)5)12-22-24(32)30(25(33)29-22)14-17-7-8-20(27)21(28)10-17/h7-13H,6,14H2,1-5H3,(H,29,33)/b22-12+. The fourth-order valence-corrected chi connectivity index (χ4v) is 4.99. The van der Waals surface area contributed by atoms with Crippen LogP contribution in [0.25, 0.3) is 11.6 Å². The highest BCUT2D eigenvalue weighted by atomic mass is 35.5. The summed E-state index contributed by atoms with van der Waals surface area (Å²) in [5.41, 5.74) is 6.37. The van der Waals surface area contributed by atoms with E-state index in [1.54, 1.807) is 24.3 Å². The number of anilines is 1. The number of hydrogen-bond acceptors (Lipinski definition) is 3. The van der Waals surface area contributed by atoms with Crippen molar-refractivity contribution in [2.45, 2.75) is 46.7 Å². The second-order valence-electron chi connectivity index (χ2n) is 9.08. The van der Waals surface area contributed by atoms with Gasteiger partial charge in [-0.25, -0.2) is 4.79 Å². The van der Waals surface area contributed by atoms with E-state index in [4.69, 9.17) is 23.2 Å². The zero-order chi connectivity index (χ0) is 24.1. The summed E-state index contributed by atoms with van der Waals surface area (Å²) >= 11 is 12.0. The molecule has 172 valence electrons. The normalized spacial score (nSPS) is 18.5. The van der Waals surface area contributed by atoms with Crippen LogP contribution in [0.3, 0.4) is 0 Å². The van der Waals surface area contributed by atoms with Crippen molar-refractivity contribution in [2.24, 2.45) is 0 Å². The number of allylic oxidation sites excluding steroid dienone is 1. The Morgan fingerprint density at radius 3 is 2.45 bits per heavy atom. The first-order valence-electron chi connectivity index (χ1n) is 10.9. The summed E-state index contributed by atoms with van der Waals surface area (Å²) in [6.07, 6.45) is 4.03. The highest BCUT2D eigenvalue weighted by Crippen LogP contribution is 2.40. The molecule has 4 rings (SSSR count). The predicted octanol–water partition coefficient (Wildman–Crippen LogP) is 6.42. The van der Waals surface area contributed by atoms with Gasteiger partial charge < -0.3 is 10.2 Å². The molecule has 0 atom stereocenters. The van der Waals surface area contributed by atoms with Crippen LogP contribution >= 0.6 is 23.2 Å². The summed E-state index contributed by atoms with van der Waals surface area (Å²) in [7, 11) is 0. The second-order valence-corrected chi connectivity index (χ2v) is 9.89. The van der Waals surface area contributed by atoms with Gasteiger partial charge in [-0.15, -0.1) is 0 Å². The van der Waals surface area contributed by atoms with Gasteiger partial charge in [-0.1, -0.05) is 35.3 Å². The third-order valence-electron chi connectivity index (χ3n) is 6.27. The lowest BCUT2D eigenvalue weighted by Crippen LogP contribution is -2.44. The Morgan fingerprint density at radius 1 is 1.06 bits per heavy atom. The number of nitrogens with zero attached hydrogens (tertiary/aromatic N) is 2. The third-order valence-corrected chi connectivity index (χ3v) is 7.01. The molecule has 1 saturated heterocycles. The lowest BCUT2D eigenvalue weighted by molar-refractivity contribution is -0.123. The number of imide groups is 1. The van der Waals surface area contributed by atoms with Crippen LogP contribution in [0.4, 0.5) is 10.5 Å². The minimum atomic E-state index is -0.456. The summed E-state index contributed by atoms with van der Waals surface area (Å²) in [5.74, 6) is -0.369. The number of urea groups is 1. The van der Waals surface area contributed by atoms with Gasteiger partial charge in [0.05, 0.1) is 22.1 Å². The number of hydrogen-bond donors (Lipinski definition) is 1. The topological polar surface area (TPSA) is 52.7 Å². The molecular formula is C26H27Cl2N3O2. The molecule has 33 heavy (non-hydrogen) atoms. The largest absolute Gasteiger partial charge is 0.363 e. The van der Waals surface area contributed by atoms with E-state index in [0.29, 0.717) is 10.0 Å². The molecule has 2 aliphatic heterocycles. The van der Waals surface area contributed by atoms with Crippen molar-refractivity contribution < 1.29 is 9.59 Å². The number of carbonyl (C=O) groups excluding carboxylic acids is 2. The van der Waals surface area contributed by atoms with Gasteiger partial charge in [0, 0.05) is 17.8 Å². The number of rotatable bonds is 4. The van der Waals surface area contributed by atoms with Crippen LogP contribution in [0, 0.1) is 6.92 Å². The highest BCUT2D eigenvalue weighted by molar-refractivity contribution is 6.42. The number of amides is 3. The van der Waals surface area contributed by atoms with E-state index >= 15 is 0 Å². The van der Waals surface area contributed by atoms with Gasteiger partial charge in [-0.05, 0) is 87.2 Å². The maximum Gasteiger partial charge on any atom is 0.329 e. The van der Waals surface area contributed by atoms with E-state index in [1.807, 2.05) is 6.92 Å². The van der Waals surface area contributed by atoms with E-state index in [9.17, 15) is 9.59 Å². The van der Waals surface area contributed by atoms with Crippen LogP contribution in [0.1, 0.15) is 49.9 Å². The molecule has 0 saturated carbocycles. The average molecular weight is 484 g/mol. The third kappa shape index (κ3) is 4.28. The maximum absolute atomic E-state index is 13.0. The number of aryl methyl sites for hydroxylation is 1. The molecule has 2 aromatic carbocycles. The van der Waals surface area contributed by atoms with E-state index in [2.05, 4.69) is 56.1 Å². The van der Waals surface area contributed by atoms with Crippen LogP contribution in [-0.4, -0.2) is 28.9 Å². The number of likely N-dealkylation sites (N-methyl/N-ethyl adjacent to an activating group) is 1. The Hall–Kier alpha value is -2.76. The lowest BCUT2D eigenvalue weighted by atomic mass is 9.87. The predicted molar refractivity (Wildman–Crippen MR) is 135 cm³/mol. The molecule has 0 radical (unpaired) electrons. The van der Waals surface area contributed by atoms with Gasteiger partial charge in [-0.3, -0.25) is 9.69 Å². The number of carbonyl (C=O) groups is 2. The molecule has 7 heteroatoms. The Labute approximate surface area is 204 Å². The molecule has 0 unspecified atom stereocenters. The zero-order valence-corrected chi connectivity index (χ0v) is 20.9. The Kier molecular flexibility index (Phi) is 6.06. The monoisotopic (exact) mass is 483 g/mol. The molecule has 5 nitrogen and oxygen atoms in total. The van der Waals surface area contributed by atoms with Crippen molar-refractivity contribution in [3.8, 4) is 0 Å². The summed E-state index contributed by atoms with van der Waals surface area (Å²) in [6.45, 7) is 11.7. The first-order chi connectivity index (χ1) is 15.5. The lowest BCUT2D eigenvalue weighted by Gasteiger charge is -2.43. The van der Waals surface area contributed by atoms with Gasteiger partial charge in [0.25, 0.3) is 5.91 Å². The summed E-state index contributed by atoms with van der Waals surface area (Å²) in [4.78, 5) is 29.1. The van der Waals surface area contributed by atoms with Crippen LogP contribution in [0.15, 0.2) is 42.1 Å². The first kappa shape index (κ1) is 23.4. The SMILES string of the molecule is CCN1c2cc(C)c(/C=C3/NC(=O)N(Cc4ccc(Cl)c(Cl)c4)C3=O)cc2C(C)=CC1(C)C. The molecule has 2 aromatic rings. The summed E-state index contributed by atoms with van der Waals surface area (Å²) in [6, 6.07) is 8.88. The molecule has 3 amide bonds. The van der Waals surface area contributed by atoms with E-state index in [1.165, 1.54) is 16.2 Å². The Bertz CT molecular complexity index is 1230. The maximum atomic E-state index is 13.0. The van der Waals surface area contributed by atoms with Gasteiger partial charge >= 0.3 is 6.03 Å². The molecule has 0 bridgehead atoms. The number of nitrogens with one attached hydrogen (secondary N) is 1. The van der Waals surface area contributed by atoms with Gasteiger partial charge in [0.15, 0.2) is 0 Å². The van der Waals surface area contributed by atoms with Gasteiger partial charge in [-0.2, -0.15) is 0 Å². The van der Waals surface area contributed by atoms with Crippen LogP contribution < -0.4 is 10.2 Å². The van der Waals surface area contributed by atoms with Gasteiger partial charge in [0.1, 0.15) is 5.70 Å². The second kappa shape index (κ2) is 8.54. The van der Waals surface area contributed by atoms with E-state index < -0.39 is 6.03 Å². The van der Waals surface area contributed by atoms with E-state index in [-0.39, 0.29) is 23.7 Å². The molecule has 0 spiro atoms. The Balaban J connectivity index is 1.66. The van der Waals surface area contributed by atoms with Crippen molar-refractivity contribution in [3.63, 3.8) is 0 Å². The van der Waals surface area contributed by atoms with E-state index in [0.717, 1.165) is 28.8 Å². The van der Waals surface area contributed by atoms with Crippen LogP contribution in [-0.2, 0) is 11.3 Å². The molecule has 0 aliphatic carbocycles. The minimum absolute atomic E-state index is 0.0707. The first-order valence-corrected chi connectivity index (χ1v) is 11.7.